The molecule has 0 aliphatic heterocycles. The molecular formula is C23H19F4N3O. The third kappa shape index (κ3) is 3.08. The SMILES string of the molecule is Nc1nccnc1-c1ccc(C2CCC(F)c3cc(F)ccc32)c2c1C(O)C(F)(F)C2. The molecule has 3 aromatic rings. The molecule has 1 heterocycles. The van der Waals surface area contributed by atoms with Crippen molar-refractivity contribution in [2.75, 3.05) is 5.73 Å². The Balaban J connectivity index is 1.72. The first-order valence-electron chi connectivity index (χ1n) is 9.99. The lowest BCUT2D eigenvalue weighted by molar-refractivity contribution is -0.0966. The number of alkyl halides is 3. The van der Waals surface area contributed by atoms with E-state index in [4.69, 9.17) is 5.73 Å². The second kappa shape index (κ2) is 7.02. The number of aromatic nitrogens is 2. The fourth-order valence-electron chi connectivity index (χ4n) is 4.91. The number of fused-ring (bicyclic) bond motifs is 2. The number of anilines is 1. The van der Waals surface area contributed by atoms with Gasteiger partial charge in [-0.3, -0.25) is 4.98 Å². The predicted octanol–water partition coefficient (Wildman–Crippen LogP) is 5.03. The van der Waals surface area contributed by atoms with E-state index >= 15 is 0 Å². The summed E-state index contributed by atoms with van der Waals surface area (Å²) in [5.41, 5.74) is 8.22. The Labute approximate surface area is 175 Å². The second-order valence-corrected chi connectivity index (χ2v) is 8.10. The topological polar surface area (TPSA) is 72.0 Å². The Bertz CT molecular complexity index is 1180. The molecule has 0 radical (unpaired) electrons. The lowest BCUT2D eigenvalue weighted by Crippen LogP contribution is -2.22. The molecule has 0 spiro atoms. The summed E-state index contributed by atoms with van der Waals surface area (Å²) in [6.45, 7) is 0. The summed E-state index contributed by atoms with van der Waals surface area (Å²) in [5.74, 6) is -4.22. The largest absolute Gasteiger partial charge is 0.382 e. The van der Waals surface area contributed by atoms with Crippen molar-refractivity contribution in [3.63, 3.8) is 0 Å². The van der Waals surface area contributed by atoms with Crippen molar-refractivity contribution >= 4 is 5.82 Å². The number of benzene rings is 2. The third-order valence-electron chi connectivity index (χ3n) is 6.31. The maximum atomic E-state index is 14.7. The smallest absolute Gasteiger partial charge is 0.281 e. The van der Waals surface area contributed by atoms with Gasteiger partial charge < -0.3 is 10.8 Å². The van der Waals surface area contributed by atoms with Crippen molar-refractivity contribution in [2.45, 2.75) is 43.4 Å². The first-order chi connectivity index (χ1) is 14.8. The van der Waals surface area contributed by atoms with Crippen LogP contribution in [0.25, 0.3) is 11.3 Å². The predicted molar refractivity (Wildman–Crippen MR) is 107 cm³/mol. The number of aliphatic hydroxyl groups is 1. The maximum absolute atomic E-state index is 14.7. The van der Waals surface area contributed by atoms with Crippen LogP contribution in [0.3, 0.4) is 0 Å². The number of hydrogen-bond acceptors (Lipinski definition) is 4. The van der Waals surface area contributed by atoms with Crippen LogP contribution in [-0.2, 0) is 6.42 Å². The average molecular weight is 429 g/mol. The van der Waals surface area contributed by atoms with Gasteiger partial charge in [-0.2, -0.15) is 0 Å². The molecule has 0 fully saturated rings. The summed E-state index contributed by atoms with van der Waals surface area (Å²) in [6.07, 6.45) is -0.639. The Hall–Kier alpha value is -3.00. The van der Waals surface area contributed by atoms with E-state index in [1.807, 2.05) is 0 Å². The quantitative estimate of drug-likeness (QED) is 0.561. The van der Waals surface area contributed by atoms with Crippen molar-refractivity contribution in [3.8, 4) is 11.3 Å². The normalized spacial score (nSPS) is 24.0. The number of rotatable bonds is 2. The van der Waals surface area contributed by atoms with Crippen molar-refractivity contribution < 1.29 is 22.7 Å². The first-order valence-corrected chi connectivity index (χ1v) is 9.99. The summed E-state index contributed by atoms with van der Waals surface area (Å²) in [7, 11) is 0. The van der Waals surface area contributed by atoms with E-state index in [1.165, 1.54) is 30.6 Å². The van der Waals surface area contributed by atoms with Gasteiger partial charge in [0.2, 0.25) is 0 Å². The lowest BCUT2D eigenvalue weighted by atomic mass is 9.75. The Kier molecular flexibility index (Phi) is 4.51. The van der Waals surface area contributed by atoms with Gasteiger partial charge in [0.1, 0.15) is 29.6 Å². The minimum atomic E-state index is -3.37. The van der Waals surface area contributed by atoms with Crippen LogP contribution in [0.5, 0.6) is 0 Å². The molecule has 3 atom stereocenters. The highest BCUT2D eigenvalue weighted by molar-refractivity contribution is 5.76. The summed E-state index contributed by atoms with van der Waals surface area (Å²) >= 11 is 0. The van der Waals surface area contributed by atoms with Crippen molar-refractivity contribution in [1.82, 2.24) is 9.97 Å². The van der Waals surface area contributed by atoms with Crippen molar-refractivity contribution in [1.29, 1.82) is 0 Å². The van der Waals surface area contributed by atoms with Gasteiger partial charge in [-0.15, -0.1) is 0 Å². The Morgan fingerprint density at radius 3 is 2.52 bits per heavy atom. The lowest BCUT2D eigenvalue weighted by Gasteiger charge is -2.30. The van der Waals surface area contributed by atoms with Crippen LogP contribution in [0, 0.1) is 5.82 Å². The van der Waals surface area contributed by atoms with E-state index in [0.29, 0.717) is 28.7 Å². The molecule has 5 rings (SSSR count). The molecule has 0 bridgehead atoms. The molecule has 0 amide bonds. The Morgan fingerprint density at radius 2 is 1.74 bits per heavy atom. The molecule has 0 saturated heterocycles. The van der Waals surface area contributed by atoms with Gasteiger partial charge in [0, 0.05) is 30.3 Å². The fraction of sp³-hybridized carbons (Fsp3) is 0.304. The summed E-state index contributed by atoms with van der Waals surface area (Å²) in [4.78, 5) is 8.14. The van der Waals surface area contributed by atoms with Gasteiger partial charge in [-0.1, -0.05) is 18.2 Å². The van der Waals surface area contributed by atoms with Crippen molar-refractivity contribution in [3.05, 3.63) is 76.4 Å². The second-order valence-electron chi connectivity index (χ2n) is 8.10. The highest BCUT2D eigenvalue weighted by Gasteiger charge is 2.50. The summed E-state index contributed by atoms with van der Waals surface area (Å²) in [5, 5.41) is 10.5. The van der Waals surface area contributed by atoms with Crippen molar-refractivity contribution in [2.24, 2.45) is 0 Å². The van der Waals surface area contributed by atoms with Crippen LogP contribution in [0.4, 0.5) is 23.4 Å². The molecule has 31 heavy (non-hydrogen) atoms. The number of hydrogen-bond donors (Lipinski definition) is 2. The van der Waals surface area contributed by atoms with Crippen LogP contribution >= 0.6 is 0 Å². The van der Waals surface area contributed by atoms with Crippen LogP contribution in [0.2, 0.25) is 0 Å². The molecule has 3 unspecified atom stereocenters. The van der Waals surface area contributed by atoms with Gasteiger partial charge in [-0.05, 0) is 52.8 Å². The van der Waals surface area contributed by atoms with E-state index in [2.05, 4.69) is 9.97 Å². The molecule has 1 aromatic heterocycles. The van der Waals surface area contributed by atoms with Crippen LogP contribution in [0.1, 0.15) is 58.9 Å². The molecule has 2 aromatic carbocycles. The monoisotopic (exact) mass is 429 g/mol. The molecule has 4 nitrogen and oxygen atoms in total. The highest BCUT2D eigenvalue weighted by Crippen LogP contribution is 2.52. The zero-order valence-corrected chi connectivity index (χ0v) is 16.3. The van der Waals surface area contributed by atoms with Gasteiger partial charge in [0.05, 0.1) is 0 Å². The van der Waals surface area contributed by atoms with E-state index in [0.717, 1.165) is 0 Å². The third-order valence-corrected chi connectivity index (χ3v) is 6.31. The highest BCUT2D eigenvalue weighted by atomic mass is 19.3. The number of aliphatic hydroxyl groups excluding tert-OH is 1. The van der Waals surface area contributed by atoms with E-state index in [9.17, 15) is 22.7 Å². The minimum Gasteiger partial charge on any atom is -0.382 e. The minimum absolute atomic E-state index is 0.0682. The fourth-order valence-corrected chi connectivity index (χ4v) is 4.91. The maximum Gasteiger partial charge on any atom is 0.281 e. The van der Waals surface area contributed by atoms with E-state index in [-0.39, 0.29) is 35.0 Å². The summed E-state index contributed by atoms with van der Waals surface area (Å²) < 4.78 is 57.5. The first kappa shape index (κ1) is 19.9. The standard InChI is InChI=1S/C23H19F4N3O/c24-11-1-2-13-12(5-6-18(25)16(13)9-11)14-3-4-15(20-22(28)30-8-7-29-20)19-17(14)10-23(26,27)21(19)31/h1-4,7-9,12,18,21,31H,5-6,10H2,(H2,28,30). The number of nitrogens with zero attached hydrogens (tertiary/aromatic N) is 2. The van der Waals surface area contributed by atoms with E-state index in [1.54, 1.807) is 12.1 Å². The molecule has 8 heteroatoms. The summed E-state index contributed by atoms with van der Waals surface area (Å²) in [6, 6.07) is 7.24. The van der Waals surface area contributed by atoms with E-state index < -0.39 is 30.4 Å². The van der Waals surface area contributed by atoms with Gasteiger partial charge in [0.25, 0.3) is 5.92 Å². The molecule has 0 saturated carbocycles. The number of nitrogens with two attached hydrogens (primary N) is 1. The van der Waals surface area contributed by atoms with Gasteiger partial charge >= 0.3 is 0 Å². The molecule has 2 aliphatic rings. The van der Waals surface area contributed by atoms with Crippen LogP contribution < -0.4 is 5.73 Å². The zero-order valence-electron chi connectivity index (χ0n) is 16.3. The number of nitrogen functional groups attached to an aromatic ring is 1. The average Bonchev–Trinajstić information content (AvgIpc) is 2.98. The molecule has 160 valence electrons. The van der Waals surface area contributed by atoms with Gasteiger partial charge in [0.15, 0.2) is 0 Å². The van der Waals surface area contributed by atoms with Crippen LogP contribution in [-0.4, -0.2) is 21.0 Å². The molecular weight excluding hydrogens is 410 g/mol. The zero-order chi connectivity index (χ0) is 21.9. The Morgan fingerprint density at radius 1 is 1.00 bits per heavy atom. The number of halogens is 4. The van der Waals surface area contributed by atoms with Gasteiger partial charge in [-0.25, -0.2) is 22.5 Å². The molecule has 2 aliphatic carbocycles. The van der Waals surface area contributed by atoms with Crippen LogP contribution in [0.15, 0.2) is 42.7 Å². The molecule has 3 N–H and O–H groups in total.